The van der Waals surface area contributed by atoms with Crippen LogP contribution in [0, 0.1) is 13.8 Å². The third-order valence-corrected chi connectivity index (χ3v) is 2.85. The fraction of sp³-hybridized carbons (Fsp3) is 0.267. The molecule has 88 valence electrons. The predicted molar refractivity (Wildman–Crippen MR) is 70.7 cm³/mol. The lowest BCUT2D eigenvalue weighted by Gasteiger charge is -2.08. The van der Waals surface area contributed by atoms with E-state index >= 15 is 0 Å². The van der Waals surface area contributed by atoms with Gasteiger partial charge in [-0.15, -0.1) is 0 Å². The molecule has 2 aromatic rings. The molecule has 1 heterocycles. The van der Waals surface area contributed by atoms with Crippen molar-refractivity contribution in [2.24, 2.45) is 0 Å². The zero-order valence-corrected chi connectivity index (χ0v) is 10.4. The van der Waals surface area contributed by atoms with E-state index in [0.29, 0.717) is 0 Å². The summed E-state index contributed by atoms with van der Waals surface area (Å²) in [6.45, 7) is 5.99. The molecular formula is C15H18N2. The van der Waals surface area contributed by atoms with Gasteiger partial charge in [0, 0.05) is 19.3 Å². The van der Waals surface area contributed by atoms with Gasteiger partial charge >= 0.3 is 0 Å². The average molecular weight is 226 g/mol. The second-order valence-electron chi connectivity index (χ2n) is 4.35. The van der Waals surface area contributed by atoms with Crippen LogP contribution in [0.25, 0.3) is 0 Å². The van der Waals surface area contributed by atoms with E-state index in [4.69, 9.17) is 0 Å². The molecule has 0 saturated heterocycles. The zero-order valence-electron chi connectivity index (χ0n) is 10.4. The molecule has 0 aliphatic heterocycles. The van der Waals surface area contributed by atoms with Crippen LogP contribution in [0.1, 0.15) is 22.4 Å². The van der Waals surface area contributed by atoms with Crippen LogP contribution in [0.15, 0.2) is 42.6 Å². The molecule has 0 saturated carbocycles. The molecule has 2 heteroatoms. The fourth-order valence-electron chi connectivity index (χ4n) is 1.87. The van der Waals surface area contributed by atoms with Gasteiger partial charge in [0.2, 0.25) is 0 Å². The summed E-state index contributed by atoms with van der Waals surface area (Å²) < 4.78 is 0. The lowest BCUT2D eigenvalue weighted by Crippen LogP contribution is -2.14. The van der Waals surface area contributed by atoms with E-state index in [1.807, 2.05) is 24.4 Å². The van der Waals surface area contributed by atoms with Gasteiger partial charge in [-0.1, -0.05) is 29.8 Å². The Kier molecular flexibility index (Phi) is 3.89. The normalized spacial score (nSPS) is 10.5. The number of benzene rings is 1. The standard InChI is InChI=1S/C15H18N2/c1-12-6-7-14(13(2)9-12)10-16-11-15-5-3-4-8-17-15/h3-9,16H,10-11H2,1-2H3. The summed E-state index contributed by atoms with van der Waals surface area (Å²) >= 11 is 0. The van der Waals surface area contributed by atoms with Gasteiger partial charge in [-0.25, -0.2) is 0 Å². The summed E-state index contributed by atoms with van der Waals surface area (Å²) in [5.74, 6) is 0. The molecule has 0 unspecified atom stereocenters. The summed E-state index contributed by atoms with van der Waals surface area (Å²) in [7, 11) is 0. The quantitative estimate of drug-likeness (QED) is 0.867. The second kappa shape index (κ2) is 5.60. The van der Waals surface area contributed by atoms with Crippen molar-refractivity contribution in [2.75, 3.05) is 0 Å². The maximum atomic E-state index is 4.28. The highest BCUT2D eigenvalue weighted by molar-refractivity contribution is 5.30. The molecule has 1 N–H and O–H groups in total. The molecule has 0 radical (unpaired) electrons. The second-order valence-corrected chi connectivity index (χ2v) is 4.35. The lowest BCUT2D eigenvalue weighted by molar-refractivity contribution is 0.677. The summed E-state index contributed by atoms with van der Waals surface area (Å²) in [6.07, 6.45) is 1.83. The molecule has 17 heavy (non-hydrogen) atoms. The van der Waals surface area contributed by atoms with Crippen LogP contribution in [0.2, 0.25) is 0 Å². The maximum Gasteiger partial charge on any atom is 0.0541 e. The Labute approximate surface area is 103 Å². The van der Waals surface area contributed by atoms with Crippen LogP contribution in [0.4, 0.5) is 0 Å². The van der Waals surface area contributed by atoms with E-state index in [-0.39, 0.29) is 0 Å². The highest BCUT2D eigenvalue weighted by Gasteiger charge is 1.98. The van der Waals surface area contributed by atoms with Gasteiger partial charge in [0.25, 0.3) is 0 Å². The van der Waals surface area contributed by atoms with Gasteiger partial charge in [0.15, 0.2) is 0 Å². The topological polar surface area (TPSA) is 24.9 Å². The van der Waals surface area contributed by atoms with Gasteiger partial charge in [-0.2, -0.15) is 0 Å². The molecule has 0 atom stereocenters. The van der Waals surface area contributed by atoms with Gasteiger partial charge in [-0.05, 0) is 37.1 Å². The number of rotatable bonds is 4. The number of hydrogen-bond donors (Lipinski definition) is 1. The smallest absolute Gasteiger partial charge is 0.0541 e. The van der Waals surface area contributed by atoms with Crippen LogP contribution >= 0.6 is 0 Å². The van der Waals surface area contributed by atoms with Crippen molar-refractivity contribution in [1.82, 2.24) is 10.3 Å². The molecule has 0 aliphatic carbocycles. The molecule has 1 aromatic heterocycles. The number of aromatic nitrogens is 1. The average Bonchev–Trinajstić information content (AvgIpc) is 2.33. The summed E-state index contributed by atoms with van der Waals surface area (Å²) in [4.78, 5) is 4.28. The molecule has 0 spiro atoms. The molecule has 2 nitrogen and oxygen atoms in total. The molecule has 0 bridgehead atoms. The van der Waals surface area contributed by atoms with Gasteiger partial charge in [0.05, 0.1) is 5.69 Å². The molecule has 0 fully saturated rings. The highest BCUT2D eigenvalue weighted by atomic mass is 14.9. The van der Waals surface area contributed by atoms with E-state index in [9.17, 15) is 0 Å². The summed E-state index contributed by atoms with van der Waals surface area (Å²) in [5.41, 5.74) is 5.10. The van der Waals surface area contributed by atoms with Crippen molar-refractivity contribution in [1.29, 1.82) is 0 Å². The Balaban J connectivity index is 1.90. The Morgan fingerprint density at radius 3 is 2.65 bits per heavy atom. The highest BCUT2D eigenvalue weighted by Crippen LogP contribution is 2.10. The number of nitrogens with one attached hydrogen (secondary N) is 1. The largest absolute Gasteiger partial charge is 0.307 e. The summed E-state index contributed by atoms with van der Waals surface area (Å²) in [6, 6.07) is 12.6. The SMILES string of the molecule is Cc1ccc(CNCc2ccccn2)c(C)c1. The minimum atomic E-state index is 0.814. The van der Waals surface area contributed by atoms with Crippen molar-refractivity contribution in [3.8, 4) is 0 Å². The van der Waals surface area contributed by atoms with E-state index in [1.54, 1.807) is 0 Å². The number of nitrogens with zero attached hydrogens (tertiary/aromatic N) is 1. The first kappa shape index (κ1) is 11.8. The van der Waals surface area contributed by atoms with Crippen molar-refractivity contribution >= 4 is 0 Å². The van der Waals surface area contributed by atoms with Crippen LogP contribution < -0.4 is 5.32 Å². The molecule has 0 aliphatic rings. The van der Waals surface area contributed by atoms with E-state index in [0.717, 1.165) is 18.8 Å². The van der Waals surface area contributed by atoms with Crippen LogP contribution in [0.3, 0.4) is 0 Å². The first-order valence-corrected chi connectivity index (χ1v) is 5.92. The number of hydrogen-bond acceptors (Lipinski definition) is 2. The van der Waals surface area contributed by atoms with Crippen LogP contribution in [0.5, 0.6) is 0 Å². The molecule has 0 amide bonds. The molecule has 2 rings (SSSR count). The van der Waals surface area contributed by atoms with Crippen molar-refractivity contribution in [2.45, 2.75) is 26.9 Å². The summed E-state index contributed by atoms with van der Waals surface area (Å²) in [5, 5.41) is 3.42. The minimum Gasteiger partial charge on any atom is -0.307 e. The lowest BCUT2D eigenvalue weighted by atomic mass is 10.1. The van der Waals surface area contributed by atoms with Crippen molar-refractivity contribution < 1.29 is 0 Å². The van der Waals surface area contributed by atoms with E-state index < -0.39 is 0 Å². The predicted octanol–water partition coefficient (Wildman–Crippen LogP) is 2.99. The minimum absolute atomic E-state index is 0.814. The number of pyridine rings is 1. The first-order chi connectivity index (χ1) is 8.25. The fourth-order valence-corrected chi connectivity index (χ4v) is 1.87. The first-order valence-electron chi connectivity index (χ1n) is 5.92. The number of aryl methyl sites for hydroxylation is 2. The maximum absolute atomic E-state index is 4.28. The van der Waals surface area contributed by atoms with Crippen LogP contribution in [-0.2, 0) is 13.1 Å². The van der Waals surface area contributed by atoms with E-state index in [2.05, 4.69) is 42.3 Å². The Bertz CT molecular complexity index is 478. The third kappa shape index (κ3) is 3.40. The van der Waals surface area contributed by atoms with Gasteiger partial charge in [-0.3, -0.25) is 4.98 Å². The van der Waals surface area contributed by atoms with Crippen molar-refractivity contribution in [3.05, 3.63) is 65.0 Å². The monoisotopic (exact) mass is 226 g/mol. The Hall–Kier alpha value is -1.67. The van der Waals surface area contributed by atoms with Crippen LogP contribution in [-0.4, -0.2) is 4.98 Å². The Morgan fingerprint density at radius 2 is 1.94 bits per heavy atom. The zero-order chi connectivity index (χ0) is 12.1. The van der Waals surface area contributed by atoms with E-state index in [1.165, 1.54) is 16.7 Å². The molecular weight excluding hydrogens is 208 g/mol. The van der Waals surface area contributed by atoms with Gasteiger partial charge < -0.3 is 5.32 Å². The van der Waals surface area contributed by atoms with Crippen molar-refractivity contribution in [3.63, 3.8) is 0 Å². The third-order valence-electron chi connectivity index (χ3n) is 2.85. The Morgan fingerprint density at radius 1 is 1.06 bits per heavy atom. The molecule has 1 aromatic carbocycles. The van der Waals surface area contributed by atoms with Gasteiger partial charge in [0.1, 0.15) is 0 Å².